The highest BCUT2D eigenvalue weighted by atomic mass is 32.2. The minimum absolute atomic E-state index is 0.0396. The highest BCUT2D eigenvalue weighted by Crippen LogP contribution is 2.39. The highest BCUT2D eigenvalue weighted by molar-refractivity contribution is 8.01. The van der Waals surface area contributed by atoms with E-state index in [1.54, 1.807) is 0 Å². The summed E-state index contributed by atoms with van der Waals surface area (Å²) in [5, 5.41) is 15.4. The van der Waals surface area contributed by atoms with Gasteiger partial charge in [0.2, 0.25) is 11.0 Å². The molecule has 0 aliphatic heterocycles. The Morgan fingerprint density at radius 2 is 1.93 bits per heavy atom. The average molecular weight is 411 g/mol. The van der Waals surface area contributed by atoms with Crippen molar-refractivity contribution in [1.29, 1.82) is 0 Å². The maximum atomic E-state index is 12.8. The van der Waals surface area contributed by atoms with Crippen LogP contribution in [0.25, 0.3) is 0 Å². The fourth-order valence-corrected chi connectivity index (χ4v) is 4.85. The van der Waals surface area contributed by atoms with Gasteiger partial charge in [-0.3, -0.25) is 4.79 Å². The number of nitrogens with one attached hydrogen (secondary N) is 2. The van der Waals surface area contributed by atoms with Gasteiger partial charge in [0.15, 0.2) is 4.34 Å². The van der Waals surface area contributed by atoms with Crippen LogP contribution in [0.15, 0.2) is 52.9 Å². The quantitative estimate of drug-likeness (QED) is 0.536. The first-order valence-corrected chi connectivity index (χ1v) is 11.0. The molecular formula is C21H22N4OS2. The van der Waals surface area contributed by atoms with Crippen molar-refractivity contribution in [3.8, 4) is 0 Å². The number of nitrogens with zero attached hydrogens (tertiary/aromatic N) is 2. The van der Waals surface area contributed by atoms with Crippen molar-refractivity contribution in [3.63, 3.8) is 0 Å². The Hall–Kier alpha value is -2.38. The molecule has 28 heavy (non-hydrogen) atoms. The van der Waals surface area contributed by atoms with Gasteiger partial charge in [-0.15, -0.1) is 10.2 Å². The standard InChI is InChI=1S/C21H22N4OS2/c1-13-8-11-17(14(2)12-13)23-20-24-25-21(28-20)27-18(15-6-4-3-5-7-15)19(26)22-16-9-10-16/h3-8,11-12,16,18H,9-10H2,1-2H3,(H,22,26)(H,23,24)/t18-/m0/s1. The van der Waals surface area contributed by atoms with Crippen LogP contribution in [0.4, 0.5) is 10.8 Å². The molecule has 2 N–H and O–H groups in total. The molecule has 0 spiro atoms. The lowest BCUT2D eigenvalue weighted by atomic mass is 10.1. The van der Waals surface area contributed by atoms with Gasteiger partial charge in [-0.05, 0) is 43.9 Å². The van der Waals surface area contributed by atoms with Crippen molar-refractivity contribution >= 4 is 39.8 Å². The molecule has 1 amide bonds. The average Bonchev–Trinajstić information content (AvgIpc) is 3.39. The second-order valence-corrected chi connectivity index (χ2v) is 9.34. The molecule has 0 radical (unpaired) electrons. The van der Waals surface area contributed by atoms with Crippen molar-refractivity contribution in [3.05, 3.63) is 65.2 Å². The summed E-state index contributed by atoms with van der Waals surface area (Å²) in [5.41, 5.74) is 4.38. The molecule has 0 unspecified atom stereocenters. The fourth-order valence-electron chi connectivity index (χ4n) is 2.88. The maximum Gasteiger partial charge on any atom is 0.238 e. The molecule has 1 aliphatic carbocycles. The van der Waals surface area contributed by atoms with E-state index in [9.17, 15) is 4.79 Å². The molecule has 1 aromatic heterocycles. The van der Waals surface area contributed by atoms with E-state index in [4.69, 9.17) is 0 Å². The molecule has 3 aromatic rings. The van der Waals surface area contributed by atoms with Crippen LogP contribution in [0.3, 0.4) is 0 Å². The largest absolute Gasteiger partial charge is 0.352 e. The number of anilines is 2. The lowest BCUT2D eigenvalue weighted by Gasteiger charge is -2.15. The third-order valence-corrected chi connectivity index (χ3v) is 6.69. The van der Waals surface area contributed by atoms with Crippen LogP contribution in [0.2, 0.25) is 0 Å². The predicted octanol–water partition coefficient (Wildman–Crippen LogP) is 5.01. The summed E-state index contributed by atoms with van der Waals surface area (Å²) in [5.74, 6) is 0.0396. The second kappa shape index (κ2) is 8.32. The van der Waals surface area contributed by atoms with E-state index in [0.29, 0.717) is 6.04 Å². The minimum atomic E-state index is -0.330. The van der Waals surface area contributed by atoms with Crippen LogP contribution in [-0.2, 0) is 4.79 Å². The topological polar surface area (TPSA) is 66.9 Å². The number of carbonyl (C=O) groups excluding carboxylic acids is 1. The van der Waals surface area contributed by atoms with E-state index < -0.39 is 0 Å². The van der Waals surface area contributed by atoms with E-state index in [1.165, 1.54) is 28.7 Å². The molecule has 0 bridgehead atoms. The number of amides is 1. The van der Waals surface area contributed by atoms with Crippen LogP contribution in [0.5, 0.6) is 0 Å². The molecule has 7 heteroatoms. The van der Waals surface area contributed by atoms with Crippen LogP contribution in [0, 0.1) is 13.8 Å². The van der Waals surface area contributed by atoms with Crippen LogP contribution in [-0.4, -0.2) is 22.1 Å². The molecule has 144 valence electrons. The van der Waals surface area contributed by atoms with Gasteiger partial charge in [0.05, 0.1) is 0 Å². The Kier molecular flexibility index (Phi) is 5.64. The van der Waals surface area contributed by atoms with E-state index >= 15 is 0 Å². The van der Waals surface area contributed by atoms with Gasteiger partial charge in [-0.1, -0.05) is 71.1 Å². The lowest BCUT2D eigenvalue weighted by molar-refractivity contribution is -0.120. The number of aryl methyl sites for hydroxylation is 2. The number of benzene rings is 2. The van der Waals surface area contributed by atoms with Crippen LogP contribution in [0.1, 0.15) is 34.8 Å². The molecule has 2 aromatic carbocycles. The smallest absolute Gasteiger partial charge is 0.238 e. The Balaban J connectivity index is 1.50. The third-order valence-electron chi connectivity index (χ3n) is 4.51. The van der Waals surface area contributed by atoms with Crippen LogP contribution < -0.4 is 10.6 Å². The van der Waals surface area contributed by atoms with Gasteiger partial charge < -0.3 is 10.6 Å². The minimum Gasteiger partial charge on any atom is -0.352 e. The Morgan fingerprint density at radius 1 is 1.14 bits per heavy atom. The molecule has 1 heterocycles. The first-order chi connectivity index (χ1) is 13.6. The Morgan fingerprint density at radius 3 is 2.64 bits per heavy atom. The van der Waals surface area contributed by atoms with Gasteiger partial charge in [-0.25, -0.2) is 0 Å². The zero-order valence-corrected chi connectivity index (χ0v) is 17.4. The molecule has 1 atom stereocenters. The fraction of sp³-hybridized carbons (Fsp3) is 0.286. The summed E-state index contributed by atoms with van der Waals surface area (Å²) in [4.78, 5) is 12.8. The molecular weight excluding hydrogens is 388 g/mol. The summed E-state index contributed by atoms with van der Waals surface area (Å²) in [6, 6.07) is 16.4. The van der Waals surface area contributed by atoms with E-state index in [2.05, 4.69) is 52.9 Å². The van der Waals surface area contributed by atoms with E-state index in [-0.39, 0.29) is 11.2 Å². The molecule has 5 nitrogen and oxygen atoms in total. The maximum absolute atomic E-state index is 12.8. The number of rotatable bonds is 7. The summed E-state index contributed by atoms with van der Waals surface area (Å²) in [6.45, 7) is 4.15. The van der Waals surface area contributed by atoms with Crippen molar-refractivity contribution in [2.24, 2.45) is 0 Å². The number of thioether (sulfide) groups is 1. The van der Waals surface area contributed by atoms with Gasteiger partial charge in [0.25, 0.3) is 0 Å². The Bertz CT molecular complexity index is 970. The SMILES string of the molecule is Cc1ccc(Nc2nnc(S[C@H](C(=O)NC3CC3)c3ccccc3)s2)c(C)c1. The van der Waals surface area contributed by atoms with Gasteiger partial charge >= 0.3 is 0 Å². The Labute approximate surface area is 173 Å². The molecule has 1 aliphatic rings. The van der Waals surface area contributed by atoms with Crippen LogP contribution >= 0.6 is 23.1 Å². The summed E-state index contributed by atoms with van der Waals surface area (Å²) < 4.78 is 0.770. The van der Waals surface area contributed by atoms with Crippen molar-refractivity contribution in [1.82, 2.24) is 15.5 Å². The number of carbonyl (C=O) groups is 1. The molecule has 0 saturated heterocycles. The van der Waals surface area contributed by atoms with Crippen molar-refractivity contribution in [2.45, 2.75) is 42.3 Å². The van der Waals surface area contributed by atoms with E-state index in [0.717, 1.165) is 39.1 Å². The third kappa shape index (κ3) is 4.72. The first-order valence-electron chi connectivity index (χ1n) is 9.28. The predicted molar refractivity (Wildman–Crippen MR) is 115 cm³/mol. The second-order valence-electron chi connectivity index (χ2n) is 7.01. The summed E-state index contributed by atoms with van der Waals surface area (Å²) in [7, 11) is 0. The van der Waals surface area contributed by atoms with Crippen molar-refractivity contribution < 1.29 is 4.79 Å². The number of aromatic nitrogens is 2. The van der Waals surface area contributed by atoms with Crippen molar-refractivity contribution in [2.75, 3.05) is 5.32 Å². The zero-order valence-electron chi connectivity index (χ0n) is 15.8. The van der Waals surface area contributed by atoms with Gasteiger partial charge in [-0.2, -0.15) is 0 Å². The molecule has 4 rings (SSSR count). The molecule has 1 fully saturated rings. The van der Waals surface area contributed by atoms with Gasteiger partial charge in [0, 0.05) is 11.7 Å². The zero-order chi connectivity index (χ0) is 19.5. The summed E-state index contributed by atoms with van der Waals surface area (Å²) in [6.07, 6.45) is 2.14. The molecule has 1 saturated carbocycles. The first kappa shape index (κ1) is 19.0. The number of hydrogen-bond acceptors (Lipinski definition) is 6. The lowest BCUT2D eigenvalue weighted by Crippen LogP contribution is -2.29. The van der Waals surface area contributed by atoms with Gasteiger partial charge in [0.1, 0.15) is 5.25 Å². The number of hydrogen-bond donors (Lipinski definition) is 2. The highest BCUT2D eigenvalue weighted by Gasteiger charge is 2.29. The summed E-state index contributed by atoms with van der Waals surface area (Å²) >= 11 is 2.92. The normalized spacial score (nSPS) is 14.5. The van der Waals surface area contributed by atoms with E-state index in [1.807, 2.05) is 30.3 Å². The monoisotopic (exact) mass is 410 g/mol.